The van der Waals surface area contributed by atoms with Crippen molar-refractivity contribution in [1.29, 1.82) is 5.26 Å². The maximum atomic E-state index is 11.3. The molecule has 0 aliphatic rings. The molecule has 1 unspecified atom stereocenters. The van der Waals surface area contributed by atoms with Gasteiger partial charge in [-0.3, -0.25) is 0 Å². The van der Waals surface area contributed by atoms with Crippen LogP contribution in [0.5, 0.6) is 5.75 Å². The van der Waals surface area contributed by atoms with E-state index in [4.69, 9.17) is 20.7 Å². The summed E-state index contributed by atoms with van der Waals surface area (Å²) in [6.45, 7) is 7.94. The van der Waals surface area contributed by atoms with Gasteiger partial charge in [0.2, 0.25) is 9.05 Å². The third kappa shape index (κ3) is 5.94. The Balaban J connectivity index is 2.90. The Labute approximate surface area is 131 Å². The second-order valence-electron chi connectivity index (χ2n) is 6.17. The molecule has 4 nitrogen and oxygen atoms in total. The number of halogens is 1. The van der Waals surface area contributed by atoms with E-state index in [1.807, 2.05) is 27.7 Å². The van der Waals surface area contributed by atoms with Gasteiger partial charge in [-0.2, -0.15) is 5.26 Å². The summed E-state index contributed by atoms with van der Waals surface area (Å²) in [6.07, 6.45) is 0. The highest BCUT2D eigenvalue weighted by molar-refractivity contribution is 8.13. The summed E-state index contributed by atoms with van der Waals surface area (Å²) in [7, 11) is 1.77. The van der Waals surface area contributed by atoms with Crippen LogP contribution >= 0.6 is 10.7 Å². The van der Waals surface area contributed by atoms with Gasteiger partial charge in [-0.15, -0.1) is 0 Å². The summed E-state index contributed by atoms with van der Waals surface area (Å²) < 4.78 is 28.4. The van der Waals surface area contributed by atoms with E-state index in [1.165, 1.54) is 0 Å². The maximum absolute atomic E-state index is 11.3. The fourth-order valence-corrected chi connectivity index (χ4v) is 3.34. The quantitative estimate of drug-likeness (QED) is 0.776. The minimum absolute atomic E-state index is 0.144. The molecule has 0 fully saturated rings. The predicted octanol–water partition coefficient (Wildman–Crippen LogP) is 3.48. The molecule has 1 aromatic carbocycles. The molecule has 0 bridgehead atoms. The molecule has 116 valence electrons. The van der Waals surface area contributed by atoms with Crippen molar-refractivity contribution in [2.75, 3.05) is 12.4 Å². The van der Waals surface area contributed by atoms with Gasteiger partial charge < -0.3 is 4.74 Å². The van der Waals surface area contributed by atoms with E-state index in [0.717, 1.165) is 5.56 Å². The Morgan fingerprint density at radius 3 is 2.48 bits per heavy atom. The molecule has 0 aromatic heterocycles. The van der Waals surface area contributed by atoms with Crippen LogP contribution in [0.15, 0.2) is 18.2 Å². The summed E-state index contributed by atoms with van der Waals surface area (Å²) in [5.74, 6) is 0.204. The molecular weight excluding hydrogens is 310 g/mol. The predicted molar refractivity (Wildman–Crippen MR) is 84.0 cm³/mol. The minimum atomic E-state index is -3.59. The van der Waals surface area contributed by atoms with E-state index in [0.29, 0.717) is 11.3 Å². The first-order valence-corrected chi connectivity index (χ1v) is 9.06. The van der Waals surface area contributed by atoms with E-state index in [1.54, 1.807) is 18.2 Å². The van der Waals surface area contributed by atoms with Crippen LogP contribution in [0, 0.1) is 29.6 Å². The van der Waals surface area contributed by atoms with Crippen molar-refractivity contribution < 1.29 is 13.2 Å². The second-order valence-corrected chi connectivity index (χ2v) is 8.99. The van der Waals surface area contributed by atoms with E-state index in [9.17, 15) is 8.42 Å². The molecule has 0 radical (unpaired) electrons. The van der Waals surface area contributed by atoms with Gasteiger partial charge in [0, 0.05) is 16.6 Å². The summed E-state index contributed by atoms with van der Waals surface area (Å²) in [6, 6.07) is 7.23. The van der Waals surface area contributed by atoms with Crippen LogP contribution in [0.4, 0.5) is 0 Å². The van der Waals surface area contributed by atoms with Crippen molar-refractivity contribution in [3.05, 3.63) is 29.3 Å². The van der Waals surface area contributed by atoms with Crippen LogP contribution in [0.25, 0.3) is 0 Å². The van der Waals surface area contributed by atoms with E-state index >= 15 is 0 Å². The smallest absolute Gasteiger partial charge is 0.233 e. The maximum Gasteiger partial charge on any atom is 0.233 e. The molecule has 0 aliphatic heterocycles. The summed E-state index contributed by atoms with van der Waals surface area (Å²) in [5, 5.41) is 8.91. The Hall–Kier alpha value is -1.25. The SMILES string of the molecule is Cc1ccc(C#N)cc1OCC(CS(=O)(=O)Cl)C(C)(C)C. The van der Waals surface area contributed by atoms with Crippen LogP contribution in [-0.4, -0.2) is 20.8 Å². The zero-order valence-corrected chi connectivity index (χ0v) is 14.3. The monoisotopic (exact) mass is 329 g/mol. The summed E-state index contributed by atoms with van der Waals surface area (Å²) >= 11 is 0. The van der Waals surface area contributed by atoms with Crippen molar-refractivity contribution in [2.45, 2.75) is 27.7 Å². The first kappa shape index (κ1) is 17.8. The van der Waals surface area contributed by atoms with Crippen LogP contribution in [0.2, 0.25) is 0 Å². The number of hydrogen-bond donors (Lipinski definition) is 0. The van der Waals surface area contributed by atoms with Crippen LogP contribution in [-0.2, 0) is 9.05 Å². The number of benzene rings is 1. The molecule has 0 heterocycles. The fraction of sp³-hybridized carbons (Fsp3) is 0.533. The Kier molecular flexibility index (Phi) is 5.66. The lowest BCUT2D eigenvalue weighted by Crippen LogP contribution is -2.31. The third-order valence-corrected chi connectivity index (χ3v) is 4.56. The largest absolute Gasteiger partial charge is 0.493 e. The number of aryl methyl sites for hydroxylation is 1. The van der Waals surface area contributed by atoms with E-state index in [2.05, 4.69) is 6.07 Å². The lowest BCUT2D eigenvalue weighted by atomic mass is 9.82. The Morgan fingerprint density at radius 1 is 1.38 bits per heavy atom. The van der Waals surface area contributed by atoms with Gasteiger partial charge in [0.1, 0.15) is 5.75 Å². The van der Waals surface area contributed by atoms with Crippen LogP contribution in [0.3, 0.4) is 0 Å². The average Bonchev–Trinajstić information content (AvgIpc) is 2.33. The van der Waals surface area contributed by atoms with Crippen molar-refractivity contribution in [1.82, 2.24) is 0 Å². The molecule has 21 heavy (non-hydrogen) atoms. The Bertz CT molecular complexity index is 642. The minimum Gasteiger partial charge on any atom is -0.493 e. The number of rotatable bonds is 5. The normalized spacial score (nSPS) is 13.5. The van der Waals surface area contributed by atoms with Gasteiger partial charge >= 0.3 is 0 Å². The molecule has 0 spiro atoms. The van der Waals surface area contributed by atoms with Crippen molar-refractivity contribution in [2.24, 2.45) is 11.3 Å². The first-order valence-electron chi connectivity index (χ1n) is 6.59. The second kappa shape index (κ2) is 6.67. The van der Waals surface area contributed by atoms with Gasteiger partial charge in [-0.05, 0) is 30.0 Å². The molecule has 6 heteroatoms. The van der Waals surface area contributed by atoms with Crippen molar-refractivity contribution in [3.63, 3.8) is 0 Å². The third-order valence-electron chi connectivity index (χ3n) is 3.38. The molecule has 0 saturated carbocycles. The molecule has 1 aromatic rings. The topological polar surface area (TPSA) is 67.2 Å². The van der Waals surface area contributed by atoms with Gasteiger partial charge in [0.15, 0.2) is 0 Å². The average molecular weight is 330 g/mol. The molecule has 1 rings (SSSR count). The number of ether oxygens (including phenoxy) is 1. The lowest BCUT2D eigenvalue weighted by Gasteiger charge is -2.29. The number of hydrogen-bond acceptors (Lipinski definition) is 4. The molecule has 0 saturated heterocycles. The fourth-order valence-electron chi connectivity index (χ4n) is 1.80. The van der Waals surface area contributed by atoms with Gasteiger partial charge in [-0.1, -0.05) is 26.8 Å². The highest BCUT2D eigenvalue weighted by atomic mass is 35.7. The zero-order chi connectivity index (χ0) is 16.3. The van der Waals surface area contributed by atoms with Crippen molar-refractivity contribution in [3.8, 4) is 11.8 Å². The number of nitriles is 1. The molecular formula is C15H20ClNO3S. The molecule has 0 amide bonds. The van der Waals surface area contributed by atoms with E-state index in [-0.39, 0.29) is 23.7 Å². The van der Waals surface area contributed by atoms with Crippen LogP contribution < -0.4 is 4.74 Å². The van der Waals surface area contributed by atoms with Gasteiger partial charge in [0.05, 0.1) is 24.0 Å². The standard InChI is InChI=1S/C15H20ClNO3S/c1-11-5-6-12(8-17)7-14(11)20-9-13(15(2,3)4)10-21(16,18)19/h5-7,13H,9-10H2,1-4H3. The van der Waals surface area contributed by atoms with Crippen molar-refractivity contribution >= 4 is 19.7 Å². The zero-order valence-electron chi connectivity index (χ0n) is 12.7. The lowest BCUT2D eigenvalue weighted by molar-refractivity contribution is 0.163. The van der Waals surface area contributed by atoms with Gasteiger partial charge in [-0.25, -0.2) is 8.42 Å². The molecule has 1 atom stereocenters. The summed E-state index contributed by atoms with van der Waals surface area (Å²) in [5.41, 5.74) is 1.14. The highest BCUT2D eigenvalue weighted by Crippen LogP contribution is 2.30. The highest BCUT2D eigenvalue weighted by Gasteiger charge is 2.29. The van der Waals surface area contributed by atoms with Crippen LogP contribution in [0.1, 0.15) is 31.9 Å². The molecule has 0 aliphatic carbocycles. The Morgan fingerprint density at radius 2 is 2.00 bits per heavy atom. The van der Waals surface area contributed by atoms with Gasteiger partial charge in [0.25, 0.3) is 0 Å². The van der Waals surface area contributed by atoms with E-state index < -0.39 is 9.05 Å². The number of nitrogens with zero attached hydrogens (tertiary/aromatic N) is 1. The first-order chi connectivity index (χ1) is 9.53. The summed E-state index contributed by atoms with van der Waals surface area (Å²) in [4.78, 5) is 0. The molecule has 0 N–H and O–H groups in total.